The van der Waals surface area contributed by atoms with Gasteiger partial charge < -0.3 is 0 Å². The van der Waals surface area contributed by atoms with E-state index in [1.54, 1.807) is 0 Å². The molecule has 0 atom stereocenters. The minimum absolute atomic E-state index is 0. The fraction of sp³-hybridized carbons (Fsp3) is 0. The van der Waals surface area contributed by atoms with E-state index in [1.165, 1.54) is 0 Å². The van der Waals surface area contributed by atoms with E-state index in [1.807, 2.05) is 0 Å². The van der Waals surface area contributed by atoms with Crippen LogP contribution < -0.4 is 0 Å². The zero-order valence-electron chi connectivity index (χ0n) is 0.354. The van der Waals surface area contributed by atoms with Gasteiger partial charge >= 0.3 is 29.6 Å². The van der Waals surface area contributed by atoms with Crippen molar-refractivity contribution < 1.29 is 17.1 Å². The molecule has 0 saturated carbocycles. The van der Waals surface area contributed by atoms with Crippen LogP contribution >= 0.6 is 0 Å². The summed E-state index contributed by atoms with van der Waals surface area (Å²) in [6, 6.07) is 0. The van der Waals surface area contributed by atoms with Crippen molar-refractivity contribution >= 4 is 57.9 Å². The second-order valence-corrected chi connectivity index (χ2v) is 0. The van der Waals surface area contributed by atoms with Crippen LogP contribution in [0, 0.1) is 0 Å². The van der Waals surface area contributed by atoms with Gasteiger partial charge in [0.15, 0.2) is 17.4 Å². The van der Waals surface area contributed by atoms with Gasteiger partial charge in [-0.1, -0.05) is 0 Å². The normalized spacial score (nSPS) is 0. The van der Waals surface area contributed by atoms with Crippen LogP contribution in [0.3, 0.4) is 0 Å². The molecule has 0 aliphatic heterocycles. The Morgan fingerprint density at radius 3 is 1.00 bits per heavy atom. The van der Waals surface area contributed by atoms with Gasteiger partial charge in [0.25, 0.3) is 0 Å². The molecule has 0 unspecified atom stereocenters. The van der Waals surface area contributed by atoms with Crippen molar-refractivity contribution in [3.8, 4) is 0 Å². The molecule has 0 fully saturated rings. The smallest absolute Gasteiger partial charge is 0.0149 e. The number of rotatable bonds is 0. The zero-order valence-corrected chi connectivity index (χ0v) is 1.46. The first-order valence-electron chi connectivity index (χ1n) is 0. The third-order valence-electron chi connectivity index (χ3n) is 0. The van der Waals surface area contributed by atoms with Crippen LogP contribution in [-0.2, 0) is 17.1 Å². The molecule has 0 aromatic rings. The van der Waals surface area contributed by atoms with E-state index in [0.717, 1.165) is 0 Å². The van der Waals surface area contributed by atoms with Crippen molar-refractivity contribution in [2.45, 2.75) is 0 Å². The van der Waals surface area contributed by atoms with Crippen LogP contribution in [0.15, 0.2) is 0 Å². The van der Waals surface area contributed by atoms with Gasteiger partial charge in [-0.15, -0.1) is 0 Å². The Hall–Kier alpha value is 2.27. The second kappa shape index (κ2) is 18.7. The van der Waals surface area contributed by atoms with Crippen LogP contribution in [-0.4, -0.2) is 57.9 Å². The maximum absolute atomic E-state index is 0. The molecule has 0 aromatic heterocycles. The van der Waals surface area contributed by atoms with Gasteiger partial charge in [0, 0.05) is 17.1 Å². The number of hydrogen-bond acceptors (Lipinski definition) is 0. The van der Waals surface area contributed by atoms with E-state index in [-0.39, 0.29) is 75.0 Å². The summed E-state index contributed by atoms with van der Waals surface area (Å²) in [5.74, 6) is 0. The molecule has 0 saturated heterocycles. The van der Waals surface area contributed by atoms with Crippen molar-refractivity contribution in [2.24, 2.45) is 0 Å². The predicted octanol–water partition coefficient (Wildman–Crippen LogP) is -3.29. The van der Waals surface area contributed by atoms with Crippen molar-refractivity contribution in [1.29, 1.82) is 0 Å². The van der Waals surface area contributed by atoms with Crippen molar-refractivity contribution in [2.75, 3.05) is 0 Å². The Bertz CT molecular complexity index is 8.00. The Morgan fingerprint density at radius 1 is 1.00 bits per heavy atom. The minimum atomic E-state index is 0. The average molecular weight is 142 g/mol. The van der Waals surface area contributed by atoms with Gasteiger partial charge in [0.05, 0.1) is 0 Å². The summed E-state index contributed by atoms with van der Waals surface area (Å²) in [5.41, 5.74) is 0. The topological polar surface area (TPSA) is 0 Å². The first-order chi connectivity index (χ1) is 0. The first kappa shape index (κ1) is 33.8. The Kier molecular flexibility index (Phi) is 158. The molecule has 0 N–H and O–H groups in total. The Morgan fingerprint density at radius 2 is 1.00 bits per heavy atom. The molecule has 0 aromatic carbocycles. The maximum atomic E-state index is 0. The first-order valence-corrected chi connectivity index (χ1v) is 0. The minimum Gasteiger partial charge on any atom is -0.0149 e. The van der Waals surface area contributed by atoms with E-state index in [0.29, 0.717) is 0 Å². The van der Waals surface area contributed by atoms with Gasteiger partial charge in [-0.2, -0.15) is 0 Å². The molecule has 4 heteroatoms. The predicted molar refractivity (Wildman–Crippen MR) is 28.4 cm³/mol. The maximum Gasteiger partial charge on any atom is -0.0149 e. The molecule has 0 bridgehead atoms. The molecule has 4 heavy (non-hydrogen) atoms. The molecule has 0 amide bonds. The molecule has 0 rings (SSSR count). The third kappa shape index (κ3) is 8.86. The van der Waals surface area contributed by atoms with Gasteiger partial charge in [0.1, 0.15) is 0 Å². The SMILES string of the molecule is [AlH3].[Fe].[NaH].[SiH4]. The van der Waals surface area contributed by atoms with Gasteiger partial charge in [-0.05, 0) is 11.0 Å². The zero-order chi connectivity index (χ0) is 0. The average Bonchev–Trinajstić information content (AvgIpc) is 0. The van der Waals surface area contributed by atoms with E-state index < -0.39 is 0 Å². The summed E-state index contributed by atoms with van der Waals surface area (Å²) in [6.45, 7) is 0. The molecule has 0 radical (unpaired) electrons. The summed E-state index contributed by atoms with van der Waals surface area (Å²) in [4.78, 5) is 0. The van der Waals surface area contributed by atoms with Gasteiger partial charge in [0.2, 0.25) is 0 Å². The third-order valence-corrected chi connectivity index (χ3v) is 0. The monoisotopic (exact) mass is 142 g/mol. The van der Waals surface area contributed by atoms with Crippen molar-refractivity contribution in [3.63, 3.8) is 0 Å². The molecular weight excluding hydrogens is 134 g/mol. The fourth-order valence-corrected chi connectivity index (χ4v) is 0. The molecule has 0 aliphatic carbocycles. The van der Waals surface area contributed by atoms with Crippen molar-refractivity contribution in [3.05, 3.63) is 0 Å². The Labute approximate surface area is 74.0 Å². The van der Waals surface area contributed by atoms with E-state index in [4.69, 9.17) is 0 Å². The van der Waals surface area contributed by atoms with E-state index >= 15 is 0 Å². The van der Waals surface area contributed by atoms with Gasteiger partial charge in [-0.3, -0.25) is 0 Å². The molecule has 0 heterocycles. The van der Waals surface area contributed by atoms with Crippen LogP contribution in [0.4, 0.5) is 0 Å². The van der Waals surface area contributed by atoms with E-state index in [9.17, 15) is 0 Å². The fourth-order valence-electron chi connectivity index (χ4n) is 0. The van der Waals surface area contributed by atoms with E-state index in [2.05, 4.69) is 0 Å². The summed E-state index contributed by atoms with van der Waals surface area (Å²) in [6.07, 6.45) is 0. The quantitative estimate of drug-likeness (QED) is 0.311. The molecular formula is H8AlFeNaSi. The molecule has 0 aliphatic rings. The summed E-state index contributed by atoms with van der Waals surface area (Å²) >= 11 is 0. The van der Waals surface area contributed by atoms with Crippen LogP contribution in [0.1, 0.15) is 0 Å². The summed E-state index contributed by atoms with van der Waals surface area (Å²) < 4.78 is 0. The van der Waals surface area contributed by atoms with Crippen LogP contribution in [0.5, 0.6) is 0 Å². The molecule has 0 nitrogen and oxygen atoms in total. The second-order valence-electron chi connectivity index (χ2n) is 0. The largest absolute Gasteiger partial charge is 0.0149 e. The molecule has 24 valence electrons. The van der Waals surface area contributed by atoms with Crippen molar-refractivity contribution in [1.82, 2.24) is 0 Å². The summed E-state index contributed by atoms with van der Waals surface area (Å²) in [7, 11) is 0. The van der Waals surface area contributed by atoms with Gasteiger partial charge in [-0.25, -0.2) is 0 Å². The standard InChI is InChI=1S/Al.Fe.Na.H4Si.4H/h;;;1H4;;;;. The van der Waals surface area contributed by atoms with Crippen LogP contribution in [0.25, 0.3) is 0 Å². The number of hydrogen-bond donors (Lipinski definition) is 0. The Balaban J connectivity index is 0. The molecule has 0 spiro atoms. The summed E-state index contributed by atoms with van der Waals surface area (Å²) in [5, 5.41) is 0. The van der Waals surface area contributed by atoms with Crippen LogP contribution in [0.2, 0.25) is 0 Å².